The van der Waals surface area contributed by atoms with Crippen molar-refractivity contribution in [3.8, 4) is 0 Å². The van der Waals surface area contributed by atoms with Crippen LogP contribution in [0.3, 0.4) is 0 Å². The molecule has 4 rings (SSSR count). The zero-order valence-corrected chi connectivity index (χ0v) is 25.2. The topological polar surface area (TPSA) is 157 Å². The Morgan fingerprint density at radius 2 is 1.74 bits per heavy atom. The Morgan fingerprint density at radius 1 is 1.00 bits per heavy atom. The maximum absolute atomic E-state index is 13.1. The third kappa shape index (κ3) is 9.36. The lowest BCUT2D eigenvalue weighted by Crippen LogP contribution is -2.51. The summed E-state index contributed by atoms with van der Waals surface area (Å²) < 4.78 is 27.4. The molecule has 0 saturated carbocycles. The van der Waals surface area contributed by atoms with Crippen molar-refractivity contribution in [1.82, 2.24) is 20.3 Å². The van der Waals surface area contributed by atoms with Gasteiger partial charge in [0, 0.05) is 45.4 Å². The van der Waals surface area contributed by atoms with Crippen molar-refractivity contribution in [2.45, 2.75) is 74.8 Å². The average molecular weight is 612 g/mol. The lowest BCUT2D eigenvalue weighted by atomic mass is 10.00. The number of benzene rings is 2. The molecule has 2 aromatic rings. The second kappa shape index (κ2) is 15.6. The van der Waals surface area contributed by atoms with E-state index in [9.17, 15) is 27.9 Å². The number of ketones is 1. The van der Waals surface area contributed by atoms with Crippen LogP contribution in [-0.2, 0) is 37.2 Å². The molecule has 2 aliphatic rings. The number of nitrogens with one attached hydrogen (secondary N) is 3. The van der Waals surface area contributed by atoms with Crippen LogP contribution in [-0.4, -0.2) is 79.7 Å². The number of carbonyl (C=O) groups excluding carboxylic acids is 2. The van der Waals surface area contributed by atoms with E-state index < -0.39 is 34.0 Å². The quantitative estimate of drug-likeness (QED) is 0.224. The van der Waals surface area contributed by atoms with E-state index in [0.717, 1.165) is 61.1 Å². The number of unbranched alkanes of at least 4 members (excludes halogenated alkanes) is 2. The van der Waals surface area contributed by atoms with E-state index >= 15 is 0 Å². The number of guanidine groups is 1. The van der Waals surface area contributed by atoms with Crippen LogP contribution in [0.2, 0.25) is 0 Å². The highest BCUT2D eigenvalue weighted by atomic mass is 32.2. The third-order valence-electron chi connectivity index (χ3n) is 7.66. The number of Topliss-reactive ketones (excluding diaryl/α,β-unsaturated/α-hetero) is 1. The van der Waals surface area contributed by atoms with Crippen molar-refractivity contribution in [2.24, 2.45) is 4.99 Å². The van der Waals surface area contributed by atoms with Crippen LogP contribution < -0.4 is 16.0 Å². The summed E-state index contributed by atoms with van der Waals surface area (Å²) in [6.45, 7) is 2.81. The molecule has 232 valence electrons. The Kier molecular flexibility index (Phi) is 11.7. The molecule has 2 heterocycles. The van der Waals surface area contributed by atoms with Crippen molar-refractivity contribution in [3.63, 3.8) is 0 Å². The minimum Gasteiger partial charge on any atom is -0.480 e. The first-order valence-electron chi connectivity index (χ1n) is 15.0. The Balaban J connectivity index is 1.22. The molecule has 0 aromatic heterocycles. The summed E-state index contributed by atoms with van der Waals surface area (Å²) in [6, 6.07) is 12.8. The molecule has 2 atom stereocenters. The predicted molar refractivity (Wildman–Crippen MR) is 163 cm³/mol. The first-order chi connectivity index (χ1) is 20.7. The van der Waals surface area contributed by atoms with E-state index in [1.165, 1.54) is 12.1 Å². The van der Waals surface area contributed by atoms with Crippen molar-refractivity contribution < 1.29 is 27.9 Å². The number of aliphatic imine (C=N–C) groups is 1. The van der Waals surface area contributed by atoms with Crippen LogP contribution in [0.1, 0.15) is 56.1 Å². The van der Waals surface area contributed by atoms with Gasteiger partial charge in [0.15, 0.2) is 5.96 Å². The van der Waals surface area contributed by atoms with Gasteiger partial charge in [-0.05, 0) is 55.4 Å². The fourth-order valence-electron chi connectivity index (χ4n) is 5.31. The number of rotatable bonds is 15. The highest BCUT2D eigenvalue weighted by Gasteiger charge is 2.40. The second-order valence-corrected chi connectivity index (χ2v) is 12.9. The van der Waals surface area contributed by atoms with Gasteiger partial charge >= 0.3 is 5.97 Å². The predicted octanol–water partition coefficient (Wildman–Crippen LogP) is 2.26. The number of carboxylic acid groups (broad SMARTS) is 1. The summed E-state index contributed by atoms with van der Waals surface area (Å²) in [5.41, 5.74) is 1.54. The zero-order valence-electron chi connectivity index (χ0n) is 24.3. The summed E-state index contributed by atoms with van der Waals surface area (Å²) >= 11 is 0. The largest absolute Gasteiger partial charge is 0.480 e. The van der Waals surface area contributed by atoms with Crippen molar-refractivity contribution in [2.75, 3.05) is 26.2 Å². The van der Waals surface area contributed by atoms with Crippen LogP contribution in [0.5, 0.6) is 0 Å². The number of amides is 1. The van der Waals surface area contributed by atoms with Crippen LogP contribution in [0.25, 0.3) is 0 Å². The summed E-state index contributed by atoms with van der Waals surface area (Å²) in [7, 11) is -3.89. The minimum absolute atomic E-state index is 0.0312. The molecule has 12 heteroatoms. The number of hydrogen-bond acceptors (Lipinski definition) is 8. The number of nitrogens with zero attached hydrogens (tertiary/aromatic N) is 2. The molecule has 0 bridgehead atoms. The number of hydrogen-bond donors (Lipinski definition) is 4. The van der Waals surface area contributed by atoms with Gasteiger partial charge in [-0.1, -0.05) is 48.9 Å². The normalized spacial score (nSPS) is 17.9. The molecule has 2 aromatic carbocycles. The SMILES string of the molecule is O=C(CCCCCNC1=NCCCN1)Cc1ccc(C[C@H](NC(=O)[C@@H]2CCCN2S(=O)(=O)c2ccccc2)C(=O)O)cc1. The molecule has 1 fully saturated rings. The monoisotopic (exact) mass is 611 g/mol. The fraction of sp³-hybridized carbons (Fsp3) is 0.484. The molecule has 4 N–H and O–H groups in total. The molecule has 0 spiro atoms. The molecule has 1 saturated heterocycles. The zero-order chi connectivity index (χ0) is 30.7. The Labute approximate surface area is 253 Å². The summed E-state index contributed by atoms with van der Waals surface area (Å²) in [5, 5.41) is 18.9. The van der Waals surface area contributed by atoms with Crippen LogP contribution >= 0.6 is 0 Å². The van der Waals surface area contributed by atoms with E-state index in [1.807, 2.05) is 0 Å². The van der Waals surface area contributed by atoms with Gasteiger partial charge in [0.1, 0.15) is 17.9 Å². The second-order valence-electron chi connectivity index (χ2n) is 11.0. The molecule has 43 heavy (non-hydrogen) atoms. The molecule has 2 aliphatic heterocycles. The number of aliphatic carboxylic acids is 1. The lowest BCUT2D eigenvalue weighted by Gasteiger charge is -2.25. The highest BCUT2D eigenvalue weighted by molar-refractivity contribution is 7.89. The average Bonchev–Trinajstić information content (AvgIpc) is 3.52. The van der Waals surface area contributed by atoms with E-state index in [1.54, 1.807) is 42.5 Å². The Bertz CT molecular complexity index is 1380. The van der Waals surface area contributed by atoms with Crippen molar-refractivity contribution in [3.05, 3.63) is 65.7 Å². The lowest BCUT2D eigenvalue weighted by molar-refractivity contribution is -0.142. The van der Waals surface area contributed by atoms with E-state index in [4.69, 9.17) is 0 Å². The summed E-state index contributed by atoms with van der Waals surface area (Å²) in [6.07, 6.45) is 5.47. The molecule has 11 nitrogen and oxygen atoms in total. The van der Waals surface area contributed by atoms with Crippen molar-refractivity contribution in [1.29, 1.82) is 0 Å². The van der Waals surface area contributed by atoms with Gasteiger partial charge in [-0.2, -0.15) is 4.31 Å². The number of carbonyl (C=O) groups is 3. The van der Waals surface area contributed by atoms with Crippen LogP contribution in [0, 0.1) is 0 Å². The molecule has 0 unspecified atom stereocenters. The number of carboxylic acids is 1. The van der Waals surface area contributed by atoms with Gasteiger partial charge in [-0.15, -0.1) is 0 Å². The maximum Gasteiger partial charge on any atom is 0.326 e. The van der Waals surface area contributed by atoms with E-state index in [2.05, 4.69) is 20.9 Å². The minimum atomic E-state index is -3.89. The smallest absolute Gasteiger partial charge is 0.326 e. The standard InChI is InChI=1S/C31H41N5O6S/c37-25(9-3-2-6-17-32-31-33-18-8-19-34-31)21-23-13-15-24(16-14-23)22-27(30(39)40)35-29(38)28-12-7-20-36(28)43(41,42)26-10-4-1-5-11-26/h1,4-5,10-11,13-16,27-28H,2-3,6-9,12,17-22H2,(H,35,38)(H,39,40)(H2,32,33,34)/t27-,28-/m0/s1. The molecule has 0 aliphatic carbocycles. The first-order valence-corrected chi connectivity index (χ1v) is 16.4. The van der Waals surface area contributed by atoms with Gasteiger partial charge < -0.3 is 21.1 Å². The number of sulfonamides is 1. The van der Waals surface area contributed by atoms with Gasteiger partial charge in [0.2, 0.25) is 15.9 Å². The van der Waals surface area contributed by atoms with E-state index in [0.29, 0.717) is 31.2 Å². The van der Waals surface area contributed by atoms with Gasteiger partial charge in [-0.25, -0.2) is 13.2 Å². The summed E-state index contributed by atoms with van der Waals surface area (Å²) in [5.74, 6) is -0.818. The van der Waals surface area contributed by atoms with Crippen molar-refractivity contribution >= 4 is 33.6 Å². The molecule has 1 amide bonds. The first kappa shape index (κ1) is 32.2. The van der Waals surface area contributed by atoms with Gasteiger partial charge in [0.25, 0.3) is 0 Å². The van der Waals surface area contributed by atoms with E-state index in [-0.39, 0.29) is 23.6 Å². The Morgan fingerprint density at radius 3 is 2.44 bits per heavy atom. The Hall–Kier alpha value is -3.77. The molecular formula is C31H41N5O6S. The fourth-order valence-corrected chi connectivity index (χ4v) is 6.99. The van der Waals surface area contributed by atoms with Crippen LogP contribution in [0.4, 0.5) is 0 Å². The summed E-state index contributed by atoms with van der Waals surface area (Å²) in [4.78, 5) is 42.0. The van der Waals surface area contributed by atoms with Gasteiger partial charge in [-0.3, -0.25) is 14.6 Å². The van der Waals surface area contributed by atoms with Crippen LogP contribution in [0.15, 0.2) is 64.5 Å². The highest BCUT2D eigenvalue weighted by Crippen LogP contribution is 2.26. The third-order valence-corrected chi connectivity index (χ3v) is 9.58. The molecular weight excluding hydrogens is 570 g/mol. The van der Waals surface area contributed by atoms with Gasteiger partial charge in [0.05, 0.1) is 4.90 Å². The maximum atomic E-state index is 13.1. The molecule has 0 radical (unpaired) electrons.